The lowest BCUT2D eigenvalue weighted by atomic mass is 9.82. The Labute approximate surface area is 134 Å². The van der Waals surface area contributed by atoms with Gasteiger partial charge in [0.1, 0.15) is 0 Å². The quantitative estimate of drug-likeness (QED) is 0.810. The van der Waals surface area contributed by atoms with Crippen LogP contribution in [0.1, 0.15) is 70.6 Å². The third-order valence-corrected chi connectivity index (χ3v) is 5.83. The highest BCUT2D eigenvalue weighted by atomic mass is 16.2. The van der Waals surface area contributed by atoms with Crippen molar-refractivity contribution >= 4 is 11.8 Å². The standard InChI is InChI=1S/C18H30N2O2/c21-17-15-10-4-5-11-16(15)20(13-7-1-6-12-19-17)18(22)14-8-2-3-9-14/h14-16H,1-13H2,(H,19,21)/t15-,16+/m1/s1. The molecular weight excluding hydrogens is 276 g/mol. The van der Waals surface area contributed by atoms with Gasteiger partial charge in [-0.15, -0.1) is 0 Å². The molecule has 0 aromatic heterocycles. The lowest BCUT2D eigenvalue weighted by molar-refractivity contribution is -0.142. The van der Waals surface area contributed by atoms with Gasteiger partial charge in [0.25, 0.3) is 0 Å². The normalized spacial score (nSPS) is 31.5. The molecular formula is C18H30N2O2. The van der Waals surface area contributed by atoms with Gasteiger partial charge in [-0.05, 0) is 44.9 Å². The maximum Gasteiger partial charge on any atom is 0.225 e. The van der Waals surface area contributed by atoms with Gasteiger partial charge >= 0.3 is 0 Å². The molecule has 124 valence electrons. The lowest BCUT2D eigenvalue weighted by Crippen LogP contribution is -2.53. The smallest absolute Gasteiger partial charge is 0.225 e. The molecule has 1 N–H and O–H groups in total. The highest BCUT2D eigenvalue weighted by Gasteiger charge is 2.39. The number of nitrogens with one attached hydrogen (secondary N) is 1. The molecule has 0 bridgehead atoms. The molecule has 4 heteroatoms. The second kappa shape index (κ2) is 7.47. The highest BCUT2D eigenvalue weighted by molar-refractivity contribution is 5.83. The van der Waals surface area contributed by atoms with Crippen LogP contribution in [0.2, 0.25) is 0 Å². The van der Waals surface area contributed by atoms with Gasteiger partial charge in [0.2, 0.25) is 11.8 Å². The Morgan fingerprint density at radius 2 is 1.64 bits per heavy atom. The topological polar surface area (TPSA) is 49.4 Å². The zero-order valence-electron chi connectivity index (χ0n) is 13.7. The molecule has 0 spiro atoms. The molecule has 2 aliphatic carbocycles. The van der Waals surface area contributed by atoms with E-state index in [0.717, 1.165) is 70.9 Å². The van der Waals surface area contributed by atoms with Crippen molar-refractivity contribution in [3.63, 3.8) is 0 Å². The van der Waals surface area contributed by atoms with Gasteiger partial charge < -0.3 is 10.2 Å². The van der Waals surface area contributed by atoms with E-state index < -0.39 is 0 Å². The Hall–Kier alpha value is -1.06. The van der Waals surface area contributed by atoms with Crippen LogP contribution in [0, 0.1) is 11.8 Å². The van der Waals surface area contributed by atoms with E-state index in [1.54, 1.807) is 0 Å². The Balaban J connectivity index is 1.78. The summed E-state index contributed by atoms with van der Waals surface area (Å²) in [4.78, 5) is 27.7. The second-order valence-electron chi connectivity index (χ2n) is 7.32. The molecule has 2 amide bonds. The predicted molar refractivity (Wildman–Crippen MR) is 86.3 cm³/mol. The summed E-state index contributed by atoms with van der Waals surface area (Å²) in [5.41, 5.74) is 0. The van der Waals surface area contributed by atoms with Crippen LogP contribution in [-0.4, -0.2) is 35.8 Å². The van der Waals surface area contributed by atoms with Gasteiger partial charge in [0.05, 0.1) is 5.92 Å². The van der Waals surface area contributed by atoms with Gasteiger partial charge in [-0.1, -0.05) is 25.7 Å². The third-order valence-electron chi connectivity index (χ3n) is 5.83. The molecule has 0 radical (unpaired) electrons. The van der Waals surface area contributed by atoms with Crippen LogP contribution < -0.4 is 5.32 Å². The fourth-order valence-corrected chi connectivity index (χ4v) is 4.56. The summed E-state index contributed by atoms with van der Waals surface area (Å²) in [5, 5.41) is 3.10. The summed E-state index contributed by atoms with van der Waals surface area (Å²) >= 11 is 0. The zero-order valence-corrected chi connectivity index (χ0v) is 13.7. The molecule has 0 unspecified atom stereocenters. The number of carbonyl (C=O) groups excluding carboxylic acids is 2. The zero-order chi connectivity index (χ0) is 15.4. The summed E-state index contributed by atoms with van der Waals surface area (Å²) in [5.74, 6) is 0.796. The number of amides is 2. The van der Waals surface area contributed by atoms with E-state index >= 15 is 0 Å². The molecule has 4 nitrogen and oxygen atoms in total. The molecule has 3 fully saturated rings. The van der Waals surface area contributed by atoms with Crippen molar-refractivity contribution in [3.8, 4) is 0 Å². The Morgan fingerprint density at radius 1 is 0.909 bits per heavy atom. The van der Waals surface area contributed by atoms with Crippen LogP contribution in [0.15, 0.2) is 0 Å². The minimum absolute atomic E-state index is 0.0252. The first-order valence-corrected chi connectivity index (χ1v) is 9.35. The average molecular weight is 306 g/mol. The number of rotatable bonds is 1. The summed E-state index contributed by atoms with van der Waals surface area (Å²) in [6.07, 6.45) is 12.0. The van der Waals surface area contributed by atoms with Gasteiger partial charge in [-0.3, -0.25) is 9.59 Å². The molecule has 3 rings (SSSR count). The van der Waals surface area contributed by atoms with E-state index in [-0.39, 0.29) is 23.8 Å². The van der Waals surface area contributed by atoms with Gasteiger partial charge in [0.15, 0.2) is 0 Å². The Kier molecular flexibility index (Phi) is 5.37. The van der Waals surface area contributed by atoms with Crippen molar-refractivity contribution in [3.05, 3.63) is 0 Å². The van der Waals surface area contributed by atoms with Crippen molar-refractivity contribution < 1.29 is 9.59 Å². The first-order chi connectivity index (χ1) is 10.8. The number of nitrogens with zero attached hydrogens (tertiary/aromatic N) is 1. The molecule has 2 saturated carbocycles. The SMILES string of the molecule is O=C1NCCCCCN(C(=O)C2CCCC2)[C@H]2CCCC[C@@H]12. The predicted octanol–water partition coefficient (Wildman–Crippen LogP) is 2.86. The van der Waals surface area contributed by atoms with E-state index in [9.17, 15) is 9.59 Å². The molecule has 0 aromatic rings. The molecule has 0 aromatic carbocycles. The minimum atomic E-state index is 0.0252. The van der Waals surface area contributed by atoms with Crippen LogP contribution in [0.3, 0.4) is 0 Å². The summed E-state index contributed by atoms with van der Waals surface area (Å²) in [6.45, 7) is 1.67. The van der Waals surface area contributed by atoms with Gasteiger partial charge in [-0.2, -0.15) is 0 Å². The van der Waals surface area contributed by atoms with E-state index in [4.69, 9.17) is 0 Å². The third kappa shape index (κ3) is 3.47. The fourth-order valence-electron chi connectivity index (χ4n) is 4.56. The summed E-state index contributed by atoms with van der Waals surface area (Å²) in [7, 11) is 0. The molecule has 1 heterocycles. The Bertz CT molecular complexity index is 404. The number of fused-ring (bicyclic) bond motifs is 1. The van der Waals surface area contributed by atoms with E-state index in [0.29, 0.717) is 5.91 Å². The fraction of sp³-hybridized carbons (Fsp3) is 0.889. The van der Waals surface area contributed by atoms with Crippen molar-refractivity contribution in [1.29, 1.82) is 0 Å². The van der Waals surface area contributed by atoms with Crippen LogP contribution in [0.4, 0.5) is 0 Å². The van der Waals surface area contributed by atoms with Gasteiger partial charge in [0, 0.05) is 25.0 Å². The number of carbonyl (C=O) groups is 2. The average Bonchev–Trinajstić information content (AvgIpc) is 3.08. The molecule has 1 saturated heterocycles. The minimum Gasteiger partial charge on any atom is -0.356 e. The van der Waals surface area contributed by atoms with Crippen molar-refractivity contribution in [1.82, 2.24) is 10.2 Å². The van der Waals surface area contributed by atoms with E-state index in [1.807, 2.05) is 0 Å². The first kappa shape index (κ1) is 15.8. The van der Waals surface area contributed by atoms with Crippen molar-refractivity contribution in [2.24, 2.45) is 11.8 Å². The largest absolute Gasteiger partial charge is 0.356 e. The molecule has 22 heavy (non-hydrogen) atoms. The van der Waals surface area contributed by atoms with Gasteiger partial charge in [-0.25, -0.2) is 0 Å². The summed E-state index contributed by atoms with van der Waals surface area (Å²) < 4.78 is 0. The lowest BCUT2D eigenvalue weighted by Gasteiger charge is -2.41. The van der Waals surface area contributed by atoms with E-state index in [2.05, 4.69) is 10.2 Å². The van der Waals surface area contributed by atoms with Crippen molar-refractivity contribution in [2.45, 2.75) is 76.7 Å². The number of hydrogen-bond acceptors (Lipinski definition) is 2. The maximum absolute atomic E-state index is 13.0. The van der Waals surface area contributed by atoms with Crippen LogP contribution in [0.5, 0.6) is 0 Å². The van der Waals surface area contributed by atoms with Crippen LogP contribution in [0.25, 0.3) is 0 Å². The molecule has 3 aliphatic rings. The monoisotopic (exact) mass is 306 g/mol. The Morgan fingerprint density at radius 3 is 2.45 bits per heavy atom. The molecule has 2 atom stereocenters. The van der Waals surface area contributed by atoms with Crippen LogP contribution >= 0.6 is 0 Å². The van der Waals surface area contributed by atoms with Crippen LogP contribution in [-0.2, 0) is 9.59 Å². The maximum atomic E-state index is 13.0. The van der Waals surface area contributed by atoms with E-state index in [1.165, 1.54) is 12.8 Å². The first-order valence-electron chi connectivity index (χ1n) is 9.35. The summed E-state index contributed by atoms with van der Waals surface area (Å²) in [6, 6.07) is 0.153. The number of hydrogen-bond donors (Lipinski definition) is 1. The highest BCUT2D eigenvalue weighted by Crippen LogP contribution is 2.33. The second-order valence-corrected chi connectivity index (χ2v) is 7.32. The van der Waals surface area contributed by atoms with Crippen molar-refractivity contribution in [2.75, 3.05) is 13.1 Å². The molecule has 1 aliphatic heterocycles.